The number of carboxylic acids is 1. The van der Waals surface area contributed by atoms with E-state index in [1.807, 2.05) is 12.1 Å². The second-order valence-electron chi connectivity index (χ2n) is 4.60. The van der Waals surface area contributed by atoms with Crippen molar-refractivity contribution in [1.29, 1.82) is 0 Å². The largest absolute Gasteiger partial charge is 0.508 e. The summed E-state index contributed by atoms with van der Waals surface area (Å²) in [5.74, 6) is -1.45. The molecule has 1 rings (SSSR count). The van der Waals surface area contributed by atoms with E-state index < -0.39 is 30.4 Å². The molecular weight excluding hydrogens is 310 g/mol. The van der Waals surface area contributed by atoms with E-state index in [0.29, 0.717) is 12.3 Å². The van der Waals surface area contributed by atoms with E-state index in [1.165, 1.54) is 5.56 Å². The summed E-state index contributed by atoms with van der Waals surface area (Å²) in [6.07, 6.45) is -7.52. The third kappa shape index (κ3) is 7.68. The third-order valence-corrected chi connectivity index (χ3v) is 2.79. The van der Waals surface area contributed by atoms with Crippen LogP contribution in [0.25, 0.3) is 0 Å². The number of carbonyl (C=O) groups excluding carboxylic acids is 1. The topological polar surface area (TPSA) is 182 Å². The molecule has 1 aromatic rings. The first-order chi connectivity index (χ1) is 10.7. The number of aliphatic hydroxyl groups is 4. The third-order valence-electron chi connectivity index (χ3n) is 2.79. The Hall–Kier alpha value is -2.04. The Kier molecular flexibility index (Phi) is 9.70. The van der Waals surface area contributed by atoms with Gasteiger partial charge >= 0.3 is 5.97 Å². The minimum atomic E-state index is -2.25. The summed E-state index contributed by atoms with van der Waals surface area (Å²) in [6.45, 7) is 0.658. The van der Waals surface area contributed by atoms with Crippen molar-refractivity contribution in [3.8, 4) is 5.75 Å². The van der Waals surface area contributed by atoms with Crippen LogP contribution in [0.5, 0.6) is 5.75 Å². The van der Waals surface area contributed by atoms with E-state index >= 15 is 0 Å². The number of benzene rings is 1. The van der Waals surface area contributed by atoms with Crippen LogP contribution < -0.4 is 5.73 Å². The molecule has 0 saturated heterocycles. The van der Waals surface area contributed by atoms with Crippen LogP contribution in [-0.2, 0) is 16.0 Å². The Morgan fingerprint density at radius 3 is 2.00 bits per heavy atom. The van der Waals surface area contributed by atoms with Crippen LogP contribution in [0.15, 0.2) is 24.3 Å². The normalized spacial score (nSPS) is 15.5. The lowest BCUT2D eigenvalue weighted by atomic mass is 10.0. The average Bonchev–Trinajstić information content (AvgIpc) is 2.54. The maximum atomic E-state index is 10.1. The molecule has 23 heavy (non-hydrogen) atoms. The zero-order chi connectivity index (χ0) is 18.0. The molecule has 9 nitrogen and oxygen atoms in total. The van der Waals surface area contributed by atoms with E-state index in [1.54, 1.807) is 12.1 Å². The summed E-state index contributed by atoms with van der Waals surface area (Å²) in [5, 5.41) is 52.1. The standard InChI is InChI=1S/C8H11NO.C6H10O7/c9-6-5-7-1-3-8(10)4-2-7;7-1-2(8)3(9)4(10)5(11)6(12)13/h1-4,10H,5-6,9H2;1-5,8-11H,(H,12,13). The first-order valence-corrected chi connectivity index (χ1v) is 6.63. The molecule has 0 radical (unpaired) electrons. The molecule has 4 atom stereocenters. The van der Waals surface area contributed by atoms with Crippen molar-refractivity contribution in [2.45, 2.75) is 30.8 Å². The van der Waals surface area contributed by atoms with E-state index in [-0.39, 0.29) is 6.29 Å². The highest BCUT2D eigenvalue weighted by Crippen LogP contribution is 2.09. The zero-order valence-electron chi connectivity index (χ0n) is 12.2. The molecule has 0 fully saturated rings. The number of rotatable bonds is 7. The highest BCUT2D eigenvalue weighted by Gasteiger charge is 2.33. The van der Waals surface area contributed by atoms with Crippen molar-refractivity contribution in [3.63, 3.8) is 0 Å². The summed E-state index contributed by atoms with van der Waals surface area (Å²) in [5.41, 5.74) is 6.50. The molecule has 9 heteroatoms. The lowest BCUT2D eigenvalue weighted by Gasteiger charge is -2.21. The maximum absolute atomic E-state index is 10.1. The number of aliphatic carboxylic acids is 1. The molecular formula is C14H21NO8. The van der Waals surface area contributed by atoms with Gasteiger partial charge in [0.05, 0.1) is 0 Å². The average molecular weight is 331 g/mol. The smallest absolute Gasteiger partial charge is 0.335 e. The first-order valence-electron chi connectivity index (χ1n) is 6.63. The number of phenols is 1. The summed E-state index contributed by atoms with van der Waals surface area (Å²) in [6, 6.07) is 7.10. The fourth-order valence-electron chi connectivity index (χ4n) is 1.44. The van der Waals surface area contributed by atoms with E-state index in [2.05, 4.69) is 0 Å². The number of nitrogens with two attached hydrogens (primary N) is 1. The van der Waals surface area contributed by atoms with Crippen molar-refractivity contribution in [1.82, 2.24) is 0 Å². The molecule has 0 aliphatic rings. The Morgan fingerprint density at radius 2 is 1.61 bits per heavy atom. The van der Waals surface area contributed by atoms with Gasteiger partial charge in [-0.05, 0) is 30.7 Å². The number of aldehydes is 1. The lowest BCUT2D eigenvalue weighted by Crippen LogP contribution is -2.48. The van der Waals surface area contributed by atoms with E-state index in [0.717, 1.165) is 6.42 Å². The van der Waals surface area contributed by atoms with Gasteiger partial charge in [-0.15, -0.1) is 0 Å². The van der Waals surface area contributed by atoms with Crippen molar-refractivity contribution in [2.24, 2.45) is 5.73 Å². The van der Waals surface area contributed by atoms with Crippen LogP contribution in [0.4, 0.5) is 0 Å². The van der Waals surface area contributed by atoms with Gasteiger partial charge in [-0.3, -0.25) is 0 Å². The Bertz CT molecular complexity index is 478. The minimum Gasteiger partial charge on any atom is -0.508 e. The summed E-state index contributed by atoms with van der Waals surface area (Å²) < 4.78 is 0. The Labute approximate surface area is 132 Å². The number of carbonyl (C=O) groups is 2. The number of carboxylic acid groups (broad SMARTS) is 1. The first kappa shape index (κ1) is 21.0. The Balaban J connectivity index is 0.000000433. The SMILES string of the molecule is NCCc1ccc(O)cc1.O=CC(O)C(O)C(O)C(O)C(=O)O. The molecule has 0 saturated carbocycles. The van der Waals surface area contributed by atoms with Crippen molar-refractivity contribution >= 4 is 12.3 Å². The van der Waals surface area contributed by atoms with Gasteiger partial charge in [0, 0.05) is 0 Å². The predicted octanol–water partition coefficient (Wildman–Crippen LogP) is -2.39. The monoisotopic (exact) mass is 331 g/mol. The molecule has 0 amide bonds. The van der Waals surface area contributed by atoms with Gasteiger partial charge in [0.1, 0.15) is 24.1 Å². The molecule has 0 aliphatic heterocycles. The minimum absolute atomic E-state index is 0.0809. The van der Waals surface area contributed by atoms with E-state index in [4.69, 9.17) is 36.4 Å². The zero-order valence-corrected chi connectivity index (χ0v) is 12.2. The second-order valence-corrected chi connectivity index (χ2v) is 4.60. The molecule has 130 valence electrons. The maximum Gasteiger partial charge on any atom is 0.335 e. The van der Waals surface area contributed by atoms with Gasteiger partial charge in [-0.1, -0.05) is 12.1 Å². The summed E-state index contributed by atoms with van der Waals surface area (Å²) in [4.78, 5) is 20.0. The van der Waals surface area contributed by atoms with Crippen molar-refractivity contribution < 1.29 is 40.2 Å². The van der Waals surface area contributed by atoms with Gasteiger partial charge in [-0.2, -0.15) is 0 Å². The molecule has 4 unspecified atom stereocenters. The van der Waals surface area contributed by atoms with Gasteiger partial charge in [0.25, 0.3) is 0 Å². The number of phenolic OH excluding ortho intramolecular Hbond substituents is 1. The highest BCUT2D eigenvalue weighted by molar-refractivity contribution is 5.73. The predicted molar refractivity (Wildman–Crippen MR) is 78.6 cm³/mol. The van der Waals surface area contributed by atoms with Gasteiger partial charge in [0.2, 0.25) is 0 Å². The van der Waals surface area contributed by atoms with Crippen molar-refractivity contribution in [2.75, 3.05) is 6.54 Å². The van der Waals surface area contributed by atoms with Crippen LogP contribution in [0.1, 0.15) is 5.56 Å². The lowest BCUT2D eigenvalue weighted by molar-refractivity contribution is -0.163. The van der Waals surface area contributed by atoms with Crippen LogP contribution >= 0.6 is 0 Å². The molecule has 0 spiro atoms. The quantitative estimate of drug-likeness (QED) is 0.268. The molecule has 0 bridgehead atoms. The van der Waals surface area contributed by atoms with Crippen LogP contribution in [0, 0.1) is 0 Å². The highest BCUT2D eigenvalue weighted by atomic mass is 16.4. The Morgan fingerprint density at radius 1 is 1.09 bits per heavy atom. The fraction of sp³-hybridized carbons (Fsp3) is 0.429. The number of aromatic hydroxyl groups is 1. The summed E-state index contributed by atoms with van der Waals surface area (Å²) >= 11 is 0. The van der Waals surface area contributed by atoms with Crippen LogP contribution in [-0.4, -0.2) is 73.9 Å². The van der Waals surface area contributed by atoms with Crippen molar-refractivity contribution in [3.05, 3.63) is 29.8 Å². The molecule has 1 aromatic carbocycles. The molecule has 0 heterocycles. The fourth-order valence-corrected chi connectivity index (χ4v) is 1.44. The van der Waals surface area contributed by atoms with Gasteiger partial charge < -0.3 is 41.2 Å². The molecule has 0 aromatic heterocycles. The summed E-state index contributed by atoms with van der Waals surface area (Å²) in [7, 11) is 0. The second kappa shape index (κ2) is 10.6. The molecule has 0 aliphatic carbocycles. The van der Waals surface area contributed by atoms with Gasteiger partial charge in [0.15, 0.2) is 12.4 Å². The van der Waals surface area contributed by atoms with Crippen LogP contribution in [0.2, 0.25) is 0 Å². The number of aliphatic hydroxyl groups excluding tert-OH is 4. The number of hydrogen-bond donors (Lipinski definition) is 7. The number of hydrogen-bond acceptors (Lipinski definition) is 8. The van der Waals surface area contributed by atoms with Crippen LogP contribution in [0.3, 0.4) is 0 Å². The molecule has 8 N–H and O–H groups in total. The van der Waals surface area contributed by atoms with E-state index in [9.17, 15) is 9.59 Å². The van der Waals surface area contributed by atoms with Gasteiger partial charge in [-0.25, -0.2) is 4.79 Å².